The molecule has 0 fully saturated rings. The minimum absolute atomic E-state index is 0.109. The number of ether oxygens (including phenoxy) is 1. The second-order valence-electron chi connectivity index (χ2n) is 6.61. The summed E-state index contributed by atoms with van der Waals surface area (Å²) in [6.07, 6.45) is 3.68. The summed E-state index contributed by atoms with van der Waals surface area (Å²) in [5.41, 5.74) is 4.42. The summed E-state index contributed by atoms with van der Waals surface area (Å²) >= 11 is 0. The number of aryl methyl sites for hydroxylation is 2. The molecule has 0 unspecified atom stereocenters. The maximum absolute atomic E-state index is 12.9. The normalized spacial score (nSPS) is 12.8. The van der Waals surface area contributed by atoms with Crippen LogP contribution >= 0.6 is 0 Å². The molecule has 1 aliphatic rings. The van der Waals surface area contributed by atoms with Gasteiger partial charge in [-0.25, -0.2) is 4.39 Å². The molecule has 0 radical (unpaired) electrons. The van der Waals surface area contributed by atoms with Gasteiger partial charge >= 0.3 is 0 Å². The first-order valence-electron chi connectivity index (χ1n) is 8.92. The van der Waals surface area contributed by atoms with E-state index in [1.54, 1.807) is 22.9 Å². The second kappa shape index (κ2) is 7.72. The smallest absolute Gasteiger partial charge is 0.254 e. The number of rotatable bonds is 6. The number of hydrogen-bond donors (Lipinski definition) is 1. The molecule has 138 valence electrons. The van der Waals surface area contributed by atoms with Crippen LogP contribution in [0.25, 0.3) is 0 Å². The Labute approximate surface area is 156 Å². The Balaban J connectivity index is 1.36. The first-order chi connectivity index (χ1) is 13.2. The van der Waals surface area contributed by atoms with Gasteiger partial charge in [0.15, 0.2) is 0 Å². The van der Waals surface area contributed by atoms with Crippen molar-refractivity contribution in [3.63, 3.8) is 0 Å². The topological polar surface area (TPSA) is 56.1 Å². The van der Waals surface area contributed by atoms with Crippen molar-refractivity contribution in [2.45, 2.75) is 32.7 Å². The summed E-state index contributed by atoms with van der Waals surface area (Å²) in [5, 5.41) is 3.34. The highest BCUT2D eigenvalue weighted by Gasteiger charge is 2.10. The van der Waals surface area contributed by atoms with Gasteiger partial charge in [-0.15, -0.1) is 0 Å². The Morgan fingerprint density at radius 3 is 2.81 bits per heavy atom. The van der Waals surface area contributed by atoms with E-state index >= 15 is 0 Å². The first kappa shape index (κ1) is 17.4. The maximum Gasteiger partial charge on any atom is 0.254 e. The van der Waals surface area contributed by atoms with Gasteiger partial charge in [-0.1, -0.05) is 18.2 Å². The van der Waals surface area contributed by atoms with Crippen molar-refractivity contribution in [1.82, 2.24) is 14.9 Å². The van der Waals surface area contributed by atoms with Gasteiger partial charge in [0, 0.05) is 31.9 Å². The van der Waals surface area contributed by atoms with Gasteiger partial charge in [-0.2, -0.15) is 0 Å². The van der Waals surface area contributed by atoms with Gasteiger partial charge in [0.1, 0.15) is 18.2 Å². The summed E-state index contributed by atoms with van der Waals surface area (Å²) in [7, 11) is 0. The summed E-state index contributed by atoms with van der Waals surface area (Å²) in [4.78, 5) is 16.2. The van der Waals surface area contributed by atoms with Crippen LogP contribution in [0.5, 0.6) is 5.75 Å². The third kappa shape index (κ3) is 4.23. The molecular formula is C21H20FN3O2. The monoisotopic (exact) mass is 365 g/mol. The first-order valence-corrected chi connectivity index (χ1v) is 8.92. The molecule has 27 heavy (non-hydrogen) atoms. The number of aromatic nitrogens is 2. The number of nitrogens with one attached hydrogen (secondary N) is 1. The molecular weight excluding hydrogens is 345 g/mol. The molecule has 4 rings (SSSR count). The molecule has 1 aliphatic heterocycles. The minimum atomic E-state index is -0.388. The van der Waals surface area contributed by atoms with Gasteiger partial charge in [0.25, 0.3) is 5.56 Å². The zero-order valence-corrected chi connectivity index (χ0v) is 14.8. The van der Waals surface area contributed by atoms with E-state index in [0.29, 0.717) is 18.0 Å². The van der Waals surface area contributed by atoms with Crippen LogP contribution in [-0.2, 0) is 32.7 Å². The molecule has 0 saturated heterocycles. The summed E-state index contributed by atoms with van der Waals surface area (Å²) in [5.74, 6) is 0.0898. The Bertz CT molecular complexity index is 999. The number of hydrogen-bond acceptors (Lipinski definition) is 4. The van der Waals surface area contributed by atoms with Gasteiger partial charge < -0.3 is 14.6 Å². The van der Waals surface area contributed by atoms with Crippen LogP contribution in [0.15, 0.2) is 59.7 Å². The summed E-state index contributed by atoms with van der Waals surface area (Å²) in [6, 6.07) is 12.6. The number of nitrogens with zero attached hydrogens (tertiary/aromatic N) is 2. The van der Waals surface area contributed by atoms with Crippen molar-refractivity contribution in [3.05, 3.63) is 93.4 Å². The van der Waals surface area contributed by atoms with Crippen molar-refractivity contribution in [3.8, 4) is 5.75 Å². The molecule has 6 heteroatoms. The molecule has 0 saturated carbocycles. The molecule has 0 atom stereocenters. The van der Waals surface area contributed by atoms with Gasteiger partial charge in [-0.3, -0.25) is 9.78 Å². The third-order valence-corrected chi connectivity index (χ3v) is 4.69. The Hall–Kier alpha value is -2.99. The van der Waals surface area contributed by atoms with Gasteiger partial charge in [-0.05, 0) is 41.3 Å². The van der Waals surface area contributed by atoms with E-state index in [1.807, 2.05) is 0 Å². The Morgan fingerprint density at radius 2 is 2.00 bits per heavy atom. The predicted molar refractivity (Wildman–Crippen MR) is 99.9 cm³/mol. The fourth-order valence-corrected chi connectivity index (χ4v) is 3.17. The van der Waals surface area contributed by atoms with E-state index in [1.165, 1.54) is 28.8 Å². The summed E-state index contributed by atoms with van der Waals surface area (Å²) < 4.78 is 20.1. The molecule has 1 N–H and O–H groups in total. The maximum atomic E-state index is 12.9. The molecule has 2 aromatic heterocycles. The lowest BCUT2D eigenvalue weighted by Gasteiger charge is -2.09. The van der Waals surface area contributed by atoms with E-state index in [9.17, 15) is 9.18 Å². The van der Waals surface area contributed by atoms with Crippen molar-refractivity contribution < 1.29 is 9.13 Å². The van der Waals surface area contributed by atoms with Crippen molar-refractivity contribution in [1.29, 1.82) is 0 Å². The molecule has 3 heterocycles. The fourth-order valence-electron chi connectivity index (χ4n) is 3.17. The van der Waals surface area contributed by atoms with Crippen molar-refractivity contribution in [2.75, 3.05) is 0 Å². The number of pyridine rings is 2. The SMILES string of the molecule is O=c1cc(OCc2ccc(F)cn2)ccn1CCc1ccc2c(c1)CNC2. The lowest BCUT2D eigenvalue weighted by Crippen LogP contribution is -2.19. The van der Waals surface area contributed by atoms with Crippen LogP contribution in [-0.4, -0.2) is 9.55 Å². The minimum Gasteiger partial charge on any atom is -0.487 e. The highest BCUT2D eigenvalue weighted by Crippen LogP contribution is 2.17. The second-order valence-corrected chi connectivity index (χ2v) is 6.61. The molecule has 0 spiro atoms. The molecule has 0 aliphatic carbocycles. The summed E-state index contributed by atoms with van der Waals surface area (Å²) in [6.45, 7) is 2.65. The van der Waals surface area contributed by atoms with Crippen LogP contribution in [0.3, 0.4) is 0 Å². The van der Waals surface area contributed by atoms with E-state index in [0.717, 1.165) is 25.7 Å². The van der Waals surface area contributed by atoms with Crippen LogP contribution in [0.4, 0.5) is 4.39 Å². The molecule has 3 aromatic rings. The van der Waals surface area contributed by atoms with Crippen LogP contribution in [0.1, 0.15) is 22.4 Å². The lowest BCUT2D eigenvalue weighted by molar-refractivity contribution is 0.299. The zero-order valence-electron chi connectivity index (χ0n) is 14.8. The number of halogens is 1. The van der Waals surface area contributed by atoms with Crippen molar-refractivity contribution in [2.24, 2.45) is 0 Å². The van der Waals surface area contributed by atoms with E-state index in [4.69, 9.17) is 4.74 Å². The predicted octanol–water partition coefficient (Wildman–Crippen LogP) is 2.81. The Kier molecular flexibility index (Phi) is 4.98. The third-order valence-electron chi connectivity index (χ3n) is 4.69. The Morgan fingerprint density at radius 1 is 1.11 bits per heavy atom. The lowest BCUT2D eigenvalue weighted by atomic mass is 10.0. The van der Waals surface area contributed by atoms with Gasteiger partial charge in [0.05, 0.1) is 11.9 Å². The standard InChI is InChI=1S/C21H20FN3O2/c22-18-3-4-19(24-13-18)14-27-20-6-8-25(21(26)10-20)7-5-15-1-2-16-11-23-12-17(16)9-15/h1-4,6,8-10,13,23H,5,7,11-12,14H2. The zero-order chi connectivity index (χ0) is 18.6. The highest BCUT2D eigenvalue weighted by molar-refractivity contribution is 5.34. The van der Waals surface area contributed by atoms with E-state index < -0.39 is 0 Å². The molecule has 1 aromatic carbocycles. The largest absolute Gasteiger partial charge is 0.487 e. The van der Waals surface area contributed by atoms with Gasteiger partial charge in [0.2, 0.25) is 0 Å². The van der Waals surface area contributed by atoms with E-state index in [2.05, 4.69) is 28.5 Å². The number of benzene rings is 1. The average molecular weight is 365 g/mol. The fraction of sp³-hybridized carbons (Fsp3) is 0.238. The van der Waals surface area contributed by atoms with Crippen molar-refractivity contribution >= 4 is 0 Å². The molecule has 0 bridgehead atoms. The quantitative estimate of drug-likeness (QED) is 0.730. The van der Waals surface area contributed by atoms with Crippen LogP contribution < -0.4 is 15.6 Å². The van der Waals surface area contributed by atoms with Crippen LogP contribution in [0, 0.1) is 5.82 Å². The number of fused-ring (bicyclic) bond motifs is 1. The average Bonchev–Trinajstić information content (AvgIpc) is 3.14. The molecule has 5 nitrogen and oxygen atoms in total. The molecule has 0 amide bonds. The highest BCUT2D eigenvalue weighted by atomic mass is 19.1. The van der Waals surface area contributed by atoms with E-state index in [-0.39, 0.29) is 18.0 Å². The van der Waals surface area contributed by atoms with Crippen LogP contribution in [0.2, 0.25) is 0 Å².